The normalized spacial score (nSPS) is 19.4. The van der Waals surface area contributed by atoms with Crippen LogP contribution in [-0.2, 0) is 0 Å². The van der Waals surface area contributed by atoms with Gasteiger partial charge in [-0.1, -0.05) is 38.8 Å². The number of nitrogens with zero attached hydrogens (tertiary/aromatic N) is 1. The average molecular weight is 279 g/mol. The third kappa shape index (κ3) is 2.73. The highest BCUT2D eigenvalue weighted by molar-refractivity contribution is 5.25. The molecule has 0 bridgehead atoms. The second-order valence-electron chi connectivity index (χ2n) is 5.64. The van der Waals surface area contributed by atoms with Gasteiger partial charge in [0.2, 0.25) is 0 Å². The van der Waals surface area contributed by atoms with E-state index < -0.39 is 0 Å². The molecule has 1 atom stereocenters. The predicted octanol–water partition coefficient (Wildman–Crippen LogP) is 2.98. The summed E-state index contributed by atoms with van der Waals surface area (Å²) >= 11 is 0. The van der Waals surface area contributed by atoms with E-state index in [9.17, 15) is 4.39 Å². The van der Waals surface area contributed by atoms with Crippen molar-refractivity contribution >= 4 is 0 Å². The Morgan fingerprint density at radius 1 is 1.30 bits per heavy atom. The van der Waals surface area contributed by atoms with Gasteiger partial charge in [0.25, 0.3) is 0 Å². The van der Waals surface area contributed by atoms with Gasteiger partial charge < -0.3 is 0 Å². The number of benzene rings is 1. The molecule has 0 heterocycles. The topological polar surface area (TPSA) is 41.3 Å². The number of halogens is 1. The fourth-order valence-corrected chi connectivity index (χ4v) is 3.88. The van der Waals surface area contributed by atoms with E-state index in [1.807, 2.05) is 6.07 Å². The average Bonchev–Trinajstić information content (AvgIpc) is 2.91. The van der Waals surface area contributed by atoms with Crippen LogP contribution in [-0.4, -0.2) is 23.5 Å². The van der Waals surface area contributed by atoms with Crippen LogP contribution in [0.15, 0.2) is 24.3 Å². The van der Waals surface area contributed by atoms with Gasteiger partial charge in [-0.2, -0.15) is 0 Å². The summed E-state index contributed by atoms with van der Waals surface area (Å²) in [7, 11) is 0. The maximum atomic E-state index is 13.6. The quantitative estimate of drug-likeness (QED) is 0.621. The zero-order chi connectivity index (χ0) is 14.6. The lowest BCUT2D eigenvalue weighted by molar-refractivity contribution is 0.0625. The number of rotatable bonds is 6. The van der Waals surface area contributed by atoms with Crippen LogP contribution in [0.2, 0.25) is 0 Å². The zero-order valence-corrected chi connectivity index (χ0v) is 12.5. The molecule has 1 unspecified atom stereocenters. The van der Waals surface area contributed by atoms with Crippen molar-refractivity contribution in [2.45, 2.75) is 51.1 Å². The van der Waals surface area contributed by atoms with Crippen molar-refractivity contribution < 1.29 is 4.39 Å². The Labute approximate surface area is 121 Å². The Kier molecular flexibility index (Phi) is 5.13. The van der Waals surface area contributed by atoms with Crippen LogP contribution in [0.1, 0.15) is 51.1 Å². The summed E-state index contributed by atoms with van der Waals surface area (Å²) in [5.41, 5.74) is 3.92. The predicted molar refractivity (Wildman–Crippen MR) is 80.6 cm³/mol. The molecule has 4 heteroatoms. The molecule has 1 aromatic rings. The van der Waals surface area contributed by atoms with Crippen molar-refractivity contribution in [1.82, 2.24) is 10.3 Å². The molecule has 20 heavy (non-hydrogen) atoms. The Balaban J connectivity index is 2.40. The monoisotopic (exact) mass is 279 g/mol. The summed E-state index contributed by atoms with van der Waals surface area (Å²) in [4.78, 5) is 2.48. The Hall–Kier alpha value is -0.970. The fourth-order valence-electron chi connectivity index (χ4n) is 3.88. The van der Waals surface area contributed by atoms with E-state index in [1.54, 1.807) is 12.1 Å². The number of nitrogens with one attached hydrogen (secondary N) is 1. The Morgan fingerprint density at radius 3 is 2.45 bits per heavy atom. The summed E-state index contributed by atoms with van der Waals surface area (Å²) in [6.45, 7) is 6.35. The first-order chi connectivity index (χ1) is 9.67. The minimum absolute atomic E-state index is 0.00600. The first kappa shape index (κ1) is 15.4. The SMILES string of the molecule is CCN(CC)C1(C(NN)c2cccc(F)c2)CCCC1. The molecule has 0 aliphatic heterocycles. The summed E-state index contributed by atoms with van der Waals surface area (Å²) in [5.74, 6) is 5.67. The zero-order valence-electron chi connectivity index (χ0n) is 12.5. The van der Waals surface area contributed by atoms with E-state index in [0.717, 1.165) is 31.5 Å². The molecule has 0 saturated heterocycles. The van der Waals surface area contributed by atoms with Crippen LogP contribution >= 0.6 is 0 Å². The molecular formula is C16H26FN3. The van der Waals surface area contributed by atoms with Crippen LogP contribution in [0.3, 0.4) is 0 Å². The van der Waals surface area contributed by atoms with E-state index in [1.165, 1.54) is 18.9 Å². The summed E-state index contributed by atoms with van der Waals surface area (Å²) in [6.07, 6.45) is 4.65. The molecule has 2 rings (SSSR count). The maximum Gasteiger partial charge on any atom is 0.123 e. The molecule has 0 spiro atoms. The first-order valence-corrected chi connectivity index (χ1v) is 7.64. The molecule has 1 aliphatic carbocycles. The lowest BCUT2D eigenvalue weighted by atomic mass is 9.82. The molecule has 0 aromatic heterocycles. The van der Waals surface area contributed by atoms with E-state index in [0.29, 0.717) is 0 Å². The van der Waals surface area contributed by atoms with Gasteiger partial charge in [-0.15, -0.1) is 0 Å². The number of likely N-dealkylation sites (N-methyl/N-ethyl adjacent to an activating group) is 1. The molecule has 0 amide bonds. The molecule has 3 nitrogen and oxygen atoms in total. The molecular weight excluding hydrogens is 253 g/mol. The highest BCUT2D eigenvalue weighted by Gasteiger charge is 2.45. The number of nitrogens with two attached hydrogens (primary N) is 1. The standard InChI is InChI=1S/C16H26FN3/c1-3-20(4-2)16(10-5-6-11-16)15(19-18)13-8-7-9-14(17)12-13/h7-9,12,15,19H,3-6,10-11,18H2,1-2H3. The minimum atomic E-state index is -0.199. The van der Waals surface area contributed by atoms with Crippen LogP contribution in [0, 0.1) is 5.82 Å². The largest absolute Gasteiger partial charge is 0.296 e. The molecule has 1 aliphatic rings. The van der Waals surface area contributed by atoms with Gasteiger partial charge in [0, 0.05) is 5.54 Å². The molecule has 1 aromatic carbocycles. The van der Waals surface area contributed by atoms with Gasteiger partial charge in [-0.3, -0.25) is 16.2 Å². The number of hydrogen-bond acceptors (Lipinski definition) is 3. The highest BCUT2D eigenvalue weighted by atomic mass is 19.1. The molecule has 3 N–H and O–H groups in total. The third-order valence-electron chi connectivity index (χ3n) is 4.75. The summed E-state index contributed by atoms with van der Waals surface area (Å²) < 4.78 is 13.6. The van der Waals surface area contributed by atoms with E-state index in [2.05, 4.69) is 24.2 Å². The van der Waals surface area contributed by atoms with Gasteiger partial charge in [0.05, 0.1) is 6.04 Å². The van der Waals surface area contributed by atoms with Gasteiger partial charge in [0.1, 0.15) is 5.82 Å². The molecule has 1 fully saturated rings. The van der Waals surface area contributed by atoms with Crippen LogP contribution in [0.4, 0.5) is 4.39 Å². The van der Waals surface area contributed by atoms with Gasteiger partial charge in [-0.25, -0.2) is 4.39 Å². The second-order valence-corrected chi connectivity index (χ2v) is 5.64. The molecule has 0 radical (unpaired) electrons. The first-order valence-electron chi connectivity index (χ1n) is 7.64. The number of hydrazine groups is 1. The van der Waals surface area contributed by atoms with Crippen molar-refractivity contribution in [1.29, 1.82) is 0 Å². The maximum absolute atomic E-state index is 13.6. The fraction of sp³-hybridized carbons (Fsp3) is 0.625. The Bertz CT molecular complexity index is 425. The molecule has 1 saturated carbocycles. The highest BCUT2D eigenvalue weighted by Crippen LogP contribution is 2.44. The second kappa shape index (κ2) is 6.66. The van der Waals surface area contributed by atoms with Crippen molar-refractivity contribution in [3.63, 3.8) is 0 Å². The summed E-state index contributed by atoms with van der Waals surface area (Å²) in [6, 6.07) is 6.79. The van der Waals surface area contributed by atoms with Crippen molar-refractivity contribution in [2.24, 2.45) is 5.84 Å². The smallest absolute Gasteiger partial charge is 0.123 e. The van der Waals surface area contributed by atoms with E-state index in [4.69, 9.17) is 5.84 Å². The van der Waals surface area contributed by atoms with E-state index >= 15 is 0 Å². The van der Waals surface area contributed by atoms with Crippen LogP contribution in [0.5, 0.6) is 0 Å². The van der Waals surface area contributed by atoms with Gasteiger partial charge in [-0.05, 0) is 43.6 Å². The van der Waals surface area contributed by atoms with Gasteiger partial charge in [0.15, 0.2) is 0 Å². The third-order valence-corrected chi connectivity index (χ3v) is 4.75. The Morgan fingerprint density at radius 2 is 1.95 bits per heavy atom. The lowest BCUT2D eigenvalue weighted by Crippen LogP contribution is -2.56. The van der Waals surface area contributed by atoms with Crippen molar-refractivity contribution in [3.05, 3.63) is 35.6 Å². The van der Waals surface area contributed by atoms with Crippen LogP contribution in [0.25, 0.3) is 0 Å². The van der Waals surface area contributed by atoms with Crippen LogP contribution < -0.4 is 11.3 Å². The lowest BCUT2D eigenvalue weighted by Gasteiger charge is -2.46. The summed E-state index contributed by atoms with van der Waals surface area (Å²) in [5, 5.41) is 0. The van der Waals surface area contributed by atoms with Gasteiger partial charge >= 0.3 is 0 Å². The van der Waals surface area contributed by atoms with Crippen molar-refractivity contribution in [2.75, 3.05) is 13.1 Å². The number of hydrogen-bond donors (Lipinski definition) is 2. The minimum Gasteiger partial charge on any atom is -0.296 e. The van der Waals surface area contributed by atoms with Crippen molar-refractivity contribution in [3.8, 4) is 0 Å². The molecule has 112 valence electrons. The van der Waals surface area contributed by atoms with E-state index in [-0.39, 0.29) is 17.4 Å².